The molecule has 0 saturated heterocycles. The molecule has 0 aliphatic rings. The van der Waals surface area contributed by atoms with Gasteiger partial charge in [0.05, 0.1) is 12.8 Å². The molecule has 0 atom stereocenters. The number of ether oxygens (including phenoxy) is 1. The molecule has 6 nitrogen and oxygen atoms in total. The molecule has 2 aromatic carbocycles. The van der Waals surface area contributed by atoms with Gasteiger partial charge in [-0.15, -0.1) is 0 Å². The molecule has 3 aromatic rings. The second-order valence-electron chi connectivity index (χ2n) is 6.52. The first-order valence-electron chi connectivity index (χ1n) is 9.14. The number of aromatic nitrogens is 2. The van der Waals surface area contributed by atoms with Crippen molar-refractivity contribution in [2.75, 3.05) is 14.2 Å². The van der Waals surface area contributed by atoms with E-state index in [4.69, 9.17) is 4.74 Å². The van der Waals surface area contributed by atoms with Crippen molar-refractivity contribution < 1.29 is 22.7 Å². The molecule has 0 bridgehead atoms. The summed E-state index contributed by atoms with van der Waals surface area (Å²) in [7, 11) is 3.27. The quantitative estimate of drug-likeness (QED) is 0.616. The SMILES string of the molecule is CNCc1cccc(-n2nc(C(F)(F)F)cc2C(=O)NCc2ccccc2OC)c1. The van der Waals surface area contributed by atoms with E-state index >= 15 is 0 Å². The van der Waals surface area contributed by atoms with E-state index in [9.17, 15) is 18.0 Å². The number of nitrogens with zero attached hydrogens (tertiary/aromatic N) is 2. The summed E-state index contributed by atoms with van der Waals surface area (Å²) in [6.07, 6.45) is -4.68. The molecule has 0 unspecified atom stereocenters. The predicted octanol–water partition coefficient (Wildman–Crippen LogP) is 3.55. The first-order valence-corrected chi connectivity index (χ1v) is 9.14. The molecule has 0 aliphatic heterocycles. The third kappa shape index (κ3) is 4.80. The van der Waals surface area contributed by atoms with Crippen LogP contribution in [-0.2, 0) is 19.3 Å². The Labute approximate surface area is 171 Å². The Hall–Kier alpha value is -3.33. The van der Waals surface area contributed by atoms with E-state index in [2.05, 4.69) is 15.7 Å². The van der Waals surface area contributed by atoms with Crippen LogP contribution in [0.25, 0.3) is 5.69 Å². The van der Waals surface area contributed by atoms with Gasteiger partial charge in [0.15, 0.2) is 5.69 Å². The van der Waals surface area contributed by atoms with Gasteiger partial charge in [-0.2, -0.15) is 18.3 Å². The number of hydrogen-bond acceptors (Lipinski definition) is 4. The number of benzene rings is 2. The minimum absolute atomic E-state index is 0.0924. The average Bonchev–Trinajstić information content (AvgIpc) is 3.19. The zero-order valence-corrected chi connectivity index (χ0v) is 16.5. The van der Waals surface area contributed by atoms with Crippen LogP contribution in [0.4, 0.5) is 13.2 Å². The molecule has 0 spiro atoms. The number of carbonyl (C=O) groups excluding carboxylic acids is 1. The molecule has 1 heterocycles. The maximum Gasteiger partial charge on any atom is 0.435 e. The highest BCUT2D eigenvalue weighted by atomic mass is 19.4. The van der Waals surface area contributed by atoms with Gasteiger partial charge in [0.1, 0.15) is 11.4 Å². The zero-order chi connectivity index (χ0) is 21.7. The topological polar surface area (TPSA) is 68.2 Å². The Morgan fingerprint density at radius 3 is 2.57 bits per heavy atom. The number of nitrogens with one attached hydrogen (secondary N) is 2. The molecule has 158 valence electrons. The van der Waals surface area contributed by atoms with Crippen molar-refractivity contribution in [3.63, 3.8) is 0 Å². The van der Waals surface area contributed by atoms with E-state index in [1.165, 1.54) is 7.11 Å². The number of carbonyl (C=O) groups is 1. The summed E-state index contributed by atoms with van der Waals surface area (Å²) < 4.78 is 46.1. The molecular weight excluding hydrogens is 397 g/mol. The maximum absolute atomic E-state index is 13.3. The van der Waals surface area contributed by atoms with Crippen LogP contribution in [0.1, 0.15) is 27.3 Å². The summed E-state index contributed by atoms with van der Waals surface area (Å²) in [5, 5.41) is 9.27. The van der Waals surface area contributed by atoms with Gasteiger partial charge in [0, 0.05) is 24.7 Å². The van der Waals surface area contributed by atoms with Crippen LogP contribution in [0.15, 0.2) is 54.6 Å². The largest absolute Gasteiger partial charge is 0.496 e. The Balaban J connectivity index is 1.93. The molecule has 30 heavy (non-hydrogen) atoms. The van der Waals surface area contributed by atoms with Crippen LogP contribution in [0.5, 0.6) is 5.75 Å². The van der Waals surface area contributed by atoms with Gasteiger partial charge in [-0.3, -0.25) is 4.79 Å². The fourth-order valence-corrected chi connectivity index (χ4v) is 3.00. The number of para-hydroxylation sites is 1. The monoisotopic (exact) mass is 418 g/mol. The van der Waals surface area contributed by atoms with Gasteiger partial charge in [0.2, 0.25) is 0 Å². The van der Waals surface area contributed by atoms with Crippen molar-refractivity contribution >= 4 is 5.91 Å². The molecule has 0 radical (unpaired) electrons. The van der Waals surface area contributed by atoms with Crippen LogP contribution < -0.4 is 15.4 Å². The lowest BCUT2D eigenvalue weighted by atomic mass is 10.2. The molecule has 1 aromatic heterocycles. The lowest BCUT2D eigenvalue weighted by Gasteiger charge is -2.11. The fraction of sp³-hybridized carbons (Fsp3) is 0.238. The van der Waals surface area contributed by atoms with Gasteiger partial charge in [-0.05, 0) is 30.8 Å². The van der Waals surface area contributed by atoms with Crippen LogP contribution in [0.2, 0.25) is 0 Å². The van der Waals surface area contributed by atoms with Crippen LogP contribution in [0, 0.1) is 0 Å². The second-order valence-corrected chi connectivity index (χ2v) is 6.52. The Morgan fingerprint density at radius 1 is 1.10 bits per heavy atom. The van der Waals surface area contributed by atoms with E-state index in [1.54, 1.807) is 49.5 Å². The van der Waals surface area contributed by atoms with Crippen molar-refractivity contribution in [1.29, 1.82) is 0 Å². The van der Waals surface area contributed by atoms with Crippen molar-refractivity contribution in [3.8, 4) is 11.4 Å². The molecular formula is C21H21F3N4O2. The minimum atomic E-state index is -4.68. The number of methoxy groups -OCH3 is 1. The molecule has 0 aliphatic carbocycles. The van der Waals surface area contributed by atoms with E-state index in [-0.39, 0.29) is 12.2 Å². The number of amides is 1. The third-order valence-corrected chi connectivity index (χ3v) is 4.40. The third-order valence-electron chi connectivity index (χ3n) is 4.40. The van der Waals surface area contributed by atoms with E-state index in [1.807, 2.05) is 6.07 Å². The number of halogens is 3. The van der Waals surface area contributed by atoms with Gasteiger partial charge in [-0.1, -0.05) is 30.3 Å². The minimum Gasteiger partial charge on any atom is -0.496 e. The zero-order valence-electron chi connectivity index (χ0n) is 16.5. The standard InChI is InChI=1S/C21H21F3N4O2/c1-25-12-14-6-5-8-16(10-14)28-17(11-19(27-28)21(22,23)24)20(29)26-13-15-7-3-4-9-18(15)30-2/h3-11,25H,12-13H2,1-2H3,(H,26,29). The average molecular weight is 418 g/mol. The van der Waals surface area contributed by atoms with E-state index in [0.717, 1.165) is 16.3 Å². The lowest BCUT2D eigenvalue weighted by Crippen LogP contribution is -2.25. The summed E-state index contributed by atoms with van der Waals surface area (Å²) in [6.45, 7) is 0.617. The van der Waals surface area contributed by atoms with Gasteiger partial charge in [-0.25, -0.2) is 4.68 Å². The molecule has 1 amide bonds. The van der Waals surface area contributed by atoms with Gasteiger partial charge in [0.25, 0.3) is 5.91 Å². The summed E-state index contributed by atoms with van der Waals surface area (Å²) in [5.41, 5.74) is 0.564. The molecule has 0 fully saturated rings. The molecule has 2 N–H and O–H groups in total. The molecule has 0 saturated carbocycles. The maximum atomic E-state index is 13.3. The Morgan fingerprint density at radius 2 is 1.87 bits per heavy atom. The summed E-state index contributed by atoms with van der Waals surface area (Å²) in [5.74, 6) is -0.106. The predicted molar refractivity (Wildman–Crippen MR) is 105 cm³/mol. The molecule has 3 rings (SSSR count). The Kier molecular flexibility index (Phi) is 6.41. The highest BCUT2D eigenvalue weighted by molar-refractivity contribution is 5.93. The molecule has 9 heteroatoms. The first-order chi connectivity index (χ1) is 14.3. The normalized spacial score (nSPS) is 11.4. The lowest BCUT2D eigenvalue weighted by molar-refractivity contribution is -0.141. The summed E-state index contributed by atoms with van der Waals surface area (Å²) >= 11 is 0. The van der Waals surface area contributed by atoms with Crippen molar-refractivity contribution in [3.05, 3.63) is 77.1 Å². The van der Waals surface area contributed by atoms with Crippen LogP contribution in [-0.4, -0.2) is 29.8 Å². The van der Waals surface area contributed by atoms with Gasteiger partial charge >= 0.3 is 6.18 Å². The smallest absolute Gasteiger partial charge is 0.435 e. The highest BCUT2D eigenvalue weighted by Crippen LogP contribution is 2.30. The van der Waals surface area contributed by atoms with Crippen molar-refractivity contribution in [1.82, 2.24) is 20.4 Å². The number of hydrogen-bond donors (Lipinski definition) is 2. The van der Waals surface area contributed by atoms with Crippen LogP contribution in [0.3, 0.4) is 0 Å². The first kappa shape index (κ1) is 21.4. The fourth-order valence-electron chi connectivity index (χ4n) is 3.00. The van der Waals surface area contributed by atoms with Gasteiger partial charge < -0.3 is 15.4 Å². The van der Waals surface area contributed by atoms with E-state index in [0.29, 0.717) is 23.5 Å². The van der Waals surface area contributed by atoms with E-state index < -0.39 is 17.8 Å². The second kappa shape index (κ2) is 9.00. The Bertz CT molecular complexity index is 1030. The summed E-state index contributed by atoms with van der Waals surface area (Å²) in [6, 6.07) is 14.6. The van der Waals surface area contributed by atoms with Crippen molar-refractivity contribution in [2.45, 2.75) is 19.3 Å². The number of rotatable bonds is 7. The highest BCUT2D eigenvalue weighted by Gasteiger charge is 2.36. The number of alkyl halides is 3. The summed E-state index contributed by atoms with van der Waals surface area (Å²) in [4.78, 5) is 12.8. The van der Waals surface area contributed by atoms with Crippen LogP contribution >= 0.6 is 0 Å². The van der Waals surface area contributed by atoms with Crippen molar-refractivity contribution in [2.24, 2.45) is 0 Å².